The largest absolute Gasteiger partial charge is 0.497 e. The summed E-state index contributed by atoms with van der Waals surface area (Å²) in [6, 6.07) is 30.1. The monoisotopic (exact) mass is 514 g/mol. The van der Waals surface area contributed by atoms with Crippen LogP contribution < -0.4 is 23.7 Å². The van der Waals surface area contributed by atoms with Crippen LogP contribution in [-0.4, -0.2) is 42.2 Å². The molecule has 0 N–H and O–H groups in total. The third-order valence-corrected chi connectivity index (χ3v) is 6.65. The van der Waals surface area contributed by atoms with Crippen LogP contribution in [0, 0.1) is 0 Å². The second kappa shape index (κ2) is 12.4. The topological polar surface area (TPSA) is 55.4 Å². The van der Waals surface area contributed by atoms with Gasteiger partial charge in [0.1, 0.15) is 17.1 Å². The van der Waals surface area contributed by atoms with Crippen LogP contribution in [0.5, 0.6) is 28.7 Å². The summed E-state index contributed by atoms with van der Waals surface area (Å²) in [4.78, 5) is 0. The normalized spacial score (nSPS) is 11.1. The molecule has 4 aromatic carbocycles. The fraction of sp³-hybridized carbons (Fsp3) is 0.250. The average Bonchev–Trinajstić information content (AvgIpc) is 2.99. The van der Waals surface area contributed by atoms with Gasteiger partial charge in [-0.05, 0) is 53.4 Å². The second-order valence-corrected chi connectivity index (χ2v) is 8.60. The van der Waals surface area contributed by atoms with Crippen LogP contribution in [0.4, 0.5) is 0 Å². The Labute approximate surface area is 224 Å². The zero-order valence-electron chi connectivity index (χ0n) is 22.5. The summed E-state index contributed by atoms with van der Waals surface area (Å²) >= 11 is 0. The molecule has 0 bridgehead atoms. The van der Waals surface area contributed by atoms with E-state index in [9.17, 15) is 0 Å². The molecule has 0 atom stereocenters. The molecule has 6 heteroatoms. The summed E-state index contributed by atoms with van der Waals surface area (Å²) < 4.78 is 34.6. The third kappa shape index (κ3) is 5.27. The molecule has 4 aromatic rings. The number of benzene rings is 4. The van der Waals surface area contributed by atoms with Gasteiger partial charge >= 0.3 is 0 Å². The number of hydrogen-bond donors (Lipinski definition) is 0. The van der Waals surface area contributed by atoms with Gasteiger partial charge in [-0.25, -0.2) is 0 Å². The molecular formula is C32H34O6. The highest BCUT2D eigenvalue weighted by atomic mass is 16.5. The molecule has 198 valence electrons. The second-order valence-electron chi connectivity index (χ2n) is 8.60. The van der Waals surface area contributed by atoms with Crippen LogP contribution >= 0.6 is 0 Å². The Morgan fingerprint density at radius 3 is 1.50 bits per heavy atom. The number of hydrogen-bond acceptors (Lipinski definition) is 6. The van der Waals surface area contributed by atoms with Gasteiger partial charge in [0.25, 0.3) is 0 Å². The van der Waals surface area contributed by atoms with Gasteiger partial charge in [-0.1, -0.05) is 60.7 Å². The van der Waals surface area contributed by atoms with Crippen LogP contribution in [0.2, 0.25) is 0 Å². The maximum Gasteiger partial charge on any atom is 0.203 e. The fourth-order valence-corrected chi connectivity index (χ4v) is 4.75. The Bertz CT molecular complexity index is 1250. The van der Waals surface area contributed by atoms with E-state index in [2.05, 4.69) is 12.1 Å². The van der Waals surface area contributed by atoms with E-state index in [4.69, 9.17) is 28.4 Å². The minimum atomic E-state index is -0.885. The van der Waals surface area contributed by atoms with E-state index in [1.165, 1.54) is 0 Å². The molecule has 0 spiro atoms. The highest BCUT2D eigenvalue weighted by molar-refractivity contribution is 5.56. The molecule has 0 saturated heterocycles. The third-order valence-electron chi connectivity index (χ3n) is 6.65. The van der Waals surface area contributed by atoms with Crippen molar-refractivity contribution in [1.82, 2.24) is 0 Å². The SMILES string of the molecule is COc1ccc(C(OCCc2ccc(OC)c(OC)c2OC)(c2ccccc2)c2ccc(OC)cc2)cc1. The predicted octanol–water partition coefficient (Wildman–Crippen LogP) is 6.28. The maximum absolute atomic E-state index is 6.96. The van der Waals surface area contributed by atoms with Gasteiger partial charge in [0, 0.05) is 5.56 Å². The van der Waals surface area contributed by atoms with Crippen LogP contribution in [0.1, 0.15) is 22.3 Å². The van der Waals surface area contributed by atoms with Gasteiger partial charge in [-0.15, -0.1) is 0 Å². The van der Waals surface area contributed by atoms with Gasteiger partial charge in [-0.3, -0.25) is 0 Å². The lowest BCUT2D eigenvalue weighted by Gasteiger charge is -2.36. The van der Waals surface area contributed by atoms with Gasteiger partial charge in [0.15, 0.2) is 11.5 Å². The van der Waals surface area contributed by atoms with Gasteiger partial charge in [0.05, 0.1) is 42.2 Å². The number of methoxy groups -OCH3 is 5. The van der Waals surface area contributed by atoms with Crippen LogP contribution in [0.15, 0.2) is 91.0 Å². The molecule has 0 heterocycles. The van der Waals surface area contributed by atoms with Crippen molar-refractivity contribution in [3.8, 4) is 28.7 Å². The summed E-state index contributed by atoms with van der Waals surface area (Å²) in [6.07, 6.45) is 0.588. The molecule has 6 nitrogen and oxygen atoms in total. The van der Waals surface area contributed by atoms with Crippen molar-refractivity contribution in [2.45, 2.75) is 12.0 Å². The minimum absolute atomic E-state index is 0.402. The molecule has 0 radical (unpaired) electrons. The van der Waals surface area contributed by atoms with Crippen molar-refractivity contribution < 1.29 is 28.4 Å². The summed E-state index contributed by atoms with van der Waals surface area (Å²) in [5, 5.41) is 0. The first-order chi connectivity index (χ1) is 18.6. The highest BCUT2D eigenvalue weighted by Gasteiger charge is 2.38. The van der Waals surface area contributed by atoms with Gasteiger partial charge < -0.3 is 28.4 Å². The zero-order chi connectivity index (χ0) is 27.0. The summed E-state index contributed by atoms with van der Waals surface area (Å²) in [7, 11) is 8.17. The van der Waals surface area contributed by atoms with Crippen molar-refractivity contribution >= 4 is 0 Å². The van der Waals surface area contributed by atoms with E-state index in [1.807, 2.05) is 78.9 Å². The van der Waals surface area contributed by atoms with Crippen molar-refractivity contribution in [1.29, 1.82) is 0 Å². The number of ether oxygens (including phenoxy) is 6. The Balaban J connectivity index is 1.80. The minimum Gasteiger partial charge on any atom is -0.497 e. The summed E-state index contributed by atoms with van der Waals surface area (Å²) in [5.41, 5.74) is 3.04. The highest BCUT2D eigenvalue weighted by Crippen LogP contribution is 2.43. The van der Waals surface area contributed by atoms with E-state index in [-0.39, 0.29) is 0 Å². The Kier molecular flexibility index (Phi) is 8.77. The molecule has 0 unspecified atom stereocenters. The van der Waals surface area contributed by atoms with Crippen molar-refractivity contribution in [2.24, 2.45) is 0 Å². The quantitative estimate of drug-likeness (QED) is 0.207. The lowest BCUT2D eigenvalue weighted by molar-refractivity contribution is 0.0145. The van der Waals surface area contributed by atoms with Gasteiger partial charge in [0.2, 0.25) is 5.75 Å². The lowest BCUT2D eigenvalue weighted by Crippen LogP contribution is -2.33. The molecule has 4 rings (SSSR count). The van der Waals surface area contributed by atoms with Gasteiger partial charge in [-0.2, -0.15) is 0 Å². The lowest BCUT2D eigenvalue weighted by atomic mass is 9.80. The Morgan fingerprint density at radius 1 is 0.500 bits per heavy atom. The van der Waals surface area contributed by atoms with E-state index in [1.54, 1.807) is 35.5 Å². The predicted molar refractivity (Wildman–Crippen MR) is 148 cm³/mol. The standard InChI is InChI=1S/C32H34O6/c1-33-27-16-12-25(13-17-27)32(24-9-7-6-8-10-24,26-14-18-28(34-2)19-15-26)38-22-21-23-11-20-29(35-3)31(37-5)30(23)36-4/h6-20H,21-22H2,1-5H3. The van der Waals surface area contributed by atoms with Crippen LogP contribution in [0.3, 0.4) is 0 Å². The zero-order valence-corrected chi connectivity index (χ0v) is 22.5. The molecule has 0 saturated carbocycles. The first-order valence-electron chi connectivity index (χ1n) is 12.4. The maximum atomic E-state index is 6.96. The molecule has 0 aliphatic rings. The molecule has 38 heavy (non-hydrogen) atoms. The van der Waals surface area contributed by atoms with E-state index < -0.39 is 5.60 Å². The van der Waals surface area contributed by atoms with Crippen molar-refractivity contribution in [2.75, 3.05) is 42.2 Å². The molecular weight excluding hydrogens is 480 g/mol. The average molecular weight is 515 g/mol. The van der Waals surface area contributed by atoms with Crippen molar-refractivity contribution in [3.63, 3.8) is 0 Å². The fourth-order valence-electron chi connectivity index (χ4n) is 4.75. The van der Waals surface area contributed by atoms with Crippen LogP contribution in [-0.2, 0) is 16.8 Å². The molecule has 0 amide bonds. The molecule has 0 fully saturated rings. The molecule has 0 aliphatic heterocycles. The molecule has 0 aromatic heterocycles. The van der Waals surface area contributed by atoms with E-state index in [0.29, 0.717) is 30.3 Å². The first-order valence-corrected chi connectivity index (χ1v) is 12.4. The van der Waals surface area contributed by atoms with Crippen molar-refractivity contribution in [3.05, 3.63) is 113 Å². The number of rotatable bonds is 12. The summed E-state index contributed by atoms with van der Waals surface area (Å²) in [5.74, 6) is 3.37. The Morgan fingerprint density at radius 2 is 1.03 bits per heavy atom. The van der Waals surface area contributed by atoms with E-state index in [0.717, 1.165) is 33.8 Å². The molecule has 0 aliphatic carbocycles. The first kappa shape index (κ1) is 26.9. The van der Waals surface area contributed by atoms with E-state index >= 15 is 0 Å². The van der Waals surface area contributed by atoms with Crippen LogP contribution in [0.25, 0.3) is 0 Å². The smallest absolute Gasteiger partial charge is 0.203 e. The summed E-state index contributed by atoms with van der Waals surface area (Å²) in [6.45, 7) is 0.402. The Hall–Kier alpha value is -4.16.